The van der Waals surface area contributed by atoms with Gasteiger partial charge in [-0.15, -0.1) is 0 Å². The zero-order chi connectivity index (χ0) is 12.1. The molecule has 1 aliphatic heterocycles. The van der Waals surface area contributed by atoms with Crippen molar-refractivity contribution in [3.8, 4) is 5.75 Å². The molecule has 1 saturated heterocycles. The van der Waals surface area contributed by atoms with E-state index in [0.29, 0.717) is 6.10 Å². The van der Waals surface area contributed by atoms with Gasteiger partial charge in [0.25, 0.3) is 0 Å². The third kappa shape index (κ3) is 3.19. The standard InChI is InChI=1S/C13H20N2O2/c1-16-11-5-2-4-10(8-11)13(15-14)9-12-6-3-7-17-12/h2,4-5,8,12-13,15H,3,6-7,9,14H2,1H3. The molecule has 1 aliphatic rings. The van der Waals surface area contributed by atoms with Crippen molar-refractivity contribution in [3.05, 3.63) is 29.8 Å². The second kappa shape index (κ2) is 6.00. The van der Waals surface area contributed by atoms with Crippen LogP contribution in [-0.4, -0.2) is 19.8 Å². The maximum Gasteiger partial charge on any atom is 0.119 e. The van der Waals surface area contributed by atoms with E-state index >= 15 is 0 Å². The summed E-state index contributed by atoms with van der Waals surface area (Å²) in [7, 11) is 1.67. The van der Waals surface area contributed by atoms with E-state index in [4.69, 9.17) is 15.3 Å². The van der Waals surface area contributed by atoms with E-state index < -0.39 is 0 Å². The molecule has 4 nitrogen and oxygen atoms in total. The van der Waals surface area contributed by atoms with Gasteiger partial charge in [0.2, 0.25) is 0 Å². The highest BCUT2D eigenvalue weighted by atomic mass is 16.5. The lowest BCUT2D eigenvalue weighted by Gasteiger charge is -2.20. The Labute approximate surface area is 102 Å². The largest absolute Gasteiger partial charge is 0.497 e. The molecule has 3 N–H and O–H groups in total. The maximum absolute atomic E-state index is 5.64. The van der Waals surface area contributed by atoms with Gasteiger partial charge in [-0.25, -0.2) is 0 Å². The summed E-state index contributed by atoms with van der Waals surface area (Å²) in [6, 6.07) is 8.10. The molecule has 4 heteroatoms. The van der Waals surface area contributed by atoms with E-state index in [9.17, 15) is 0 Å². The van der Waals surface area contributed by atoms with E-state index in [1.54, 1.807) is 7.11 Å². The molecule has 0 bridgehead atoms. The van der Waals surface area contributed by atoms with Crippen LogP contribution in [0.15, 0.2) is 24.3 Å². The Morgan fingerprint density at radius 1 is 1.59 bits per heavy atom. The fraction of sp³-hybridized carbons (Fsp3) is 0.538. The molecule has 17 heavy (non-hydrogen) atoms. The molecule has 1 aromatic carbocycles. The minimum Gasteiger partial charge on any atom is -0.497 e. The van der Waals surface area contributed by atoms with Crippen LogP contribution in [0.25, 0.3) is 0 Å². The molecule has 2 atom stereocenters. The Hall–Kier alpha value is -1.10. The normalized spacial score (nSPS) is 21.4. The Bertz CT molecular complexity index is 351. The second-order valence-electron chi connectivity index (χ2n) is 4.37. The summed E-state index contributed by atoms with van der Waals surface area (Å²) in [6.07, 6.45) is 3.51. The fourth-order valence-electron chi connectivity index (χ4n) is 2.25. The first-order valence-electron chi connectivity index (χ1n) is 6.05. The molecule has 0 aromatic heterocycles. The molecule has 94 valence electrons. The van der Waals surface area contributed by atoms with Gasteiger partial charge < -0.3 is 9.47 Å². The second-order valence-corrected chi connectivity index (χ2v) is 4.37. The number of methoxy groups -OCH3 is 1. The highest BCUT2D eigenvalue weighted by Crippen LogP contribution is 2.26. The molecule has 1 fully saturated rings. The molecule has 0 spiro atoms. The number of nitrogens with two attached hydrogens (primary N) is 1. The lowest BCUT2D eigenvalue weighted by molar-refractivity contribution is 0.0945. The summed E-state index contributed by atoms with van der Waals surface area (Å²) in [5.74, 6) is 6.48. The summed E-state index contributed by atoms with van der Waals surface area (Å²) in [6.45, 7) is 0.875. The third-order valence-corrected chi connectivity index (χ3v) is 3.22. The summed E-state index contributed by atoms with van der Waals surface area (Å²) in [4.78, 5) is 0. The van der Waals surface area contributed by atoms with Crippen LogP contribution in [-0.2, 0) is 4.74 Å². The number of hydrogen-bond donors (Lipinski definition) is 2. The number of ether oxygens (including phenoxy) is 2. The van der Waals surface area contributed by atoms with Crippen LogP contribution in [0.2, 0.25) is 0 Å². The van der Waals surface area contributed by atoms with Gasteiger partial charge in [-0.3, -0.25) is 11.3 Å². The predicted molar refractivity (Wildman–Crippen MR) is 66.6 cm³/mol. The van der Waals surface area contributed by atoms with Crippen LogP contribution in [0.5, 0.6) is 5.75 Å². The van der Waals surface area contributed by atoms with E-state index in [1.807, 2.05) is 18.2 Å². The maximum atomic E-state index is 5.64. The van der Waals surface area contributed by atoms with Crippen LogP contribution in [0.1, 0.15) is 30.9 Å². The molecular weight excluding hydrogens is 216 g/mol. The zero-order valence-corrected chi connectivity index (χ0v) is 10.2. The van der Waals surface area contributed by atoms with Gasteiger partial charge in [0.1, 0.15) is 5.75 Å². The van der Waals surface area contributed by atoms with Gasteiger partial charge in [-0.1, -0.05) is 12.1 Å². The van der Waals surface area contributed by atoms with Gasteiger partial charge in [0.15, 0.2) is 0 Å². The fourth-order valence-corrected chi connectivity index (χ4v) is 2.25. The van der Waals surface area contributed by atoms with Gasteiger partial charge in [0, 0.05) is 12.6 Å². The molecule has 0 aliphatic carbocycles. The minimum absolute atomic E-state index is 0.119. The van der Waals surface area contributed by atoms with Gasteiger partial charge in [-0.05, 0) is 37.0 Å². The van der Waals surface area contributed by atoms with Crippen molar-refractivity contribution in [2.75, 3.05) is 13.7 Å². The van der Waals surface area contributed by atoms with Crippen LogP contribution >= 0.6 is 0 Å². The van der Waals surface area contributed by atoms with Crippen molar-refractivity contribution in [3.63, 3.8) is 0 Å². The first-order chi connectivity index (χ1) is 8.33. The first-order valence-corrected chi connectivity index (χ1v) is 6.05. The number of nitrogens with one attached hydrogen (secondary N) is 1. The predicted octanol–water partition coefficient (Wildman–Crippen LogP) is 1.77. The summed E-state index contributed by atoms with van der Waals surface area (Å²) in [5.41, 5.74) is 4.00. The highest BCUT2D eigenvalue weighted by Gasteiger charge is 2.21. The molecular formula is C13H20N2O2. The van der Waals surface area contributed by atoms with Crippen molar-refractivity contribution in [1.29, 1.82) is 0 Å². The van der Waals surface area contributed by atoms with Crippen molar-refractivity contribution in [1.82, 2.24) is 5.43 Å². The molecule has 1 heterocycles. The van der Waals surface area contributed by atoms with Gasteiger partial charge in [-0.2, -0.15) is 0 Å². The van der Waals surface area contributed by atoms with Crippen LogP contribution in [0.3, 0.4) is 0 Å². The molecule has 0 saturated carbocycles. The van der Waals surface area contributed by atoms with Crippen molar-refractivity contribution in [2.45, 2.75) is 31.4 Å². The lowest BCUT2D eigenvalue weighted by atomic mass is 10.00. The quantitative estimate of drug-likeness (QED) is 0.604. The average Bonchev–Trinajstić information content (AvgIpc) is 2.89. The van der Waals surface area contributed by atoms with Gasteiger partial charge in [0.05, 0.1) is 13.2 Å². The lowest BCUT2D eigenvalue weighted by Crippen LogP contribution is -2.30. The Morgan fingerprint density at radius 2 is 2.47 bits per heavy atom. The molecule has 0 amide bonds. The van der Waals surface area contributed by atoms with E-state index in [2.05, 4.69) is 11.5 Å². The number of rotatable bonds is 5. The smallest absolute Gasteiger partial charge is 0.119 e. The molecule has 0 radical (unpaired) electrons. The van der Waals surface area contributed by atoms with Crippen molar-refractivity contribution < 1.29 is 9.47 Å². The third-order valence-electron chi connectivity index (χ3n) is 3.22. The highest BCUT2D eigenvalue weighted by molar-refractivity contribution is 5.30. The SMILES string of the molecule is COc1cccc(C(CC2CCCO2)NN)c1. The number of benzene rings is 1. The van der Waals surface area contributed by atoms with Crippen LogP contribution < -0.4 is 16.0 Å². The van der Waals surface area contributed by atoms with E-state index in [0.717, 1.165) is 37.2 Å². The van der Waals surface area contributed by atoms with Crippen LogP contribution in [0.4, 0.5) is 0 Å². The molecule has 1 aromatic rings. The zero-order valence-electron chi connectivity index (χ0n) is 10.2. The average molecular weight is 236 g/mol. The monoisotopic (exact) mass is 236 g/mol. The summed E-state index contributed by atoms with van der Waals surface area (Å²) < 4.78 is 10.9. The van der Waals surface area contributed by atoms with E-state index in [1.165, 1.54) is 0 Å². The minimum atomic E-state index is 0.119. The Kier molecular flexibility index (Phi) is 4.36. The summed E-state index contributed by atoms with van der Waals surface area (Å²) in [5, 5.41) is 0. The molecule has 2 unspecified atom stereocenters. The molecule has 2 rings (SSSR count). The first kappa shape index (κ1) is 12.4. The Morgan fingerprint density at radius 3 is 3.12 bits per heavy atom. The summed E-state index contributed by atoms with van der Waals surface area (Å²) >= 11 is 0. The van der Waals surface area contributed by atoms with Crippen molar-refractivity contribution in [2.24, 2.45) is 5.84 Å². The van der Waals surface area contributed by atoms with E-state index in [-0.39, 0.29) is 6.04 Å². The van der Waals surface area contributed by atoms with Crippen molar-refractivity contribution >= 4 is 0 Å². The topological polar surface area (TPSA) is 56.5 Å². The Balaban J connectivity index is 2.04. The van der Waals surface area contributed by atoms with Gasteiger partial charge >= 0.3 is 0 Å². The number of hydrazine groups is 1. The number of hydrogen-bond acceptors (Lipinski definition) is 4. The van der Waals surface area contributed by atoms with Crippen LogP contribution in [0, 0.1) is 0 Å².